The molecule has 0 fully saturated rings. The first-order valence-electron chi connectivity index (χ1n) is 6.79. The van der Waals surface area contributed by atoms with E-state index in [1.54, 1.807) is 0 Å². The Kier molecular flexibility index (Phi) is 5.11. The number of nitrogens with two attached hydrogens (primary N) is 1. The van der Waals surface area contributed by atoms with E-state index in [1.165, 1.54) is 22.6 Å². The van der Waals surface area contributed by atoms with Gasteiger partial charge in [0.1, 0.15) is 4.90 Å². The van der Waals surface area contributed by atoms with Crippen LogP contribution in [-0.4, -0.2) is 31.3 Å². The van der Waals surface area contributed by atoms with Crippen LogP contribution in [0, 0.1) is 6.92 Å². The summed E-state index contributed by atoms with van der Waals surface area (Å²) in [7, 11) is -3.51. The van der Waals surface area contributed by atoms with E-state index in [0.717, 1.165) is 5.56 Å². The number of rotatable bonds is 7. The van der Waals surface area contributed by atoms with Crippen molar-refractivity contribution in [1.29, 1.82) is 0 Å². The molecule has 3 N–H and O–H groups in total. The zero-order chi connectivity index (χ0) is 15.3. The van der Waals surface area contributed by atoms with Crippen LogP contribution in [0.4, 0.5) is 0 Å². The number of benzene rings is 1. The number of hydrogen-bond donors (Lipinski definition) is 2. The van der Waals surface area contributed by atoms with Crippen molar-refractivity contribution < 1.29 is 8.42 Å². The topological polar surface area (TPSA) is 90.0 Å². The molecular formula is C14H20N4O2S. The molecule has 0 saturated heterocycles. The first-order chi connectivity index (χ1) is 10.0. The summed E-state index contributed by atoms with van der Waals surface area (Å²) in [6.07, 6.45) is 3.48. The minimum Gasteiger partial charge on any atom is -0.329 e. The van der Waals surface area contributed by atoms with Gasteiger partial charge in [0, 0.05) is 19.3 Å². The predicted octanol–water partition coefficient (Wildman–Crippen LogP) is 0.671. The van der Waals surface area contributed by atoms with E-state index in [0.29, 0.717) is 26.1 Å². The first-order valence-corrected chi connectivity index (χ1v) is 8.27. The maximum Gasteiger partial charge on any atom is 0.243 e. The lowest BCUT2D eigenvalue weighted by atomic mass is 10.1. The number of nitrogens with one attached hydrogen (secondary N) is 1. The highest BCUT2D eigenvalue weighted by molar-refractivity contribution is 7.89. The van der Waals surface area contributed by atoms with Crippen LogP contribution in [0.5, 0.6) is 0 Å². The lowest BCUT2D eigenvalue weighted by Gasteiger charge is -2.05. The molecule has 0 unspecified atom stereocenters. The van der Waals surface area contributed by atoms with Crippen LogP contribution in [0.2, 0.25) is 0 Å². The van der Waals surface area contributed by atoms with Gasteiger partial charge in [0.25, 0.3) is 0 Å². The van der Waals surface area contributed by atoms with Gasteiger partial charge in [0.05, 0.1) is 12.7 Å². The second kappa shape index (κ2) is 6.84. The number of aryl methyl sites for hydroxylation is 1. The quantitative estimate of drug-likeness (QED) is 0.786. The fraction of sp³-hybridized carbons (Fsp3) is 0.357. The molecule has 7 heteroatoms. The highest BCUT2D eigenvalue weighted by Crippen LogP contribution is 2.08. The summed E-state index contributed by atoms with van der Waals surface area (Å²) in [5, 5.41) is 3.97. The van der Waals surface area contributed by atoms with Crippen molar-refractivity contribution in [1.82, 2.24) is 14.5 Å². The minimum absolute atomic E-state index is 0.167. The van der Waals surface area contributed by atoms with E-state index in [4.69, 9.17) is 5.73 Å². The van der Waals surface area contributed by atoms with Gasteiger partial charge >= 0.3 is 0 Å². The summed E-state index contributed by atoms with van der Waals surface area (Å²) in [4.78, 5) is 0.167. The maximum absolute atomic E-state index is 12.1. The van der Waals surface area contributed by atoms with Gasteiger partial charge in [-0.2, -0.15) is 5.10 Å². The average Bonchev–Trinajstić information content (AvgIpc) is 2.88. The maximum atomic E-state index is 12.1. The average molecular weight is 308 g/mol. The van der Waals surface area contributed by atoms with Crippen LogP contribution in [0.15, 0.2) is 41.6 Å². The molecule has 0 spiro atoms. The van der Waals surface area contributed by atoms with Crippen LogP contribution in [0.25, 0.3) is 0 Å². The lowest BCUT2D eigenvalue weighted by molar-refractivity contribution is 0.580. The van der Waals surface area contributed by atoms with Gasteiger partial charge in [-0.05, 0) is 18.9 Å². The highest BCUT2D eigenvalue weighted by atomic mass is 32.2. The molecular weight excluding hydrogens is 288 g/mol. The molecule has 1 heterocycles. The van der Waals surface area contributed by atoms with E-state index in [-0.39, 0.29) is 4.90 Å². The standard InChI is InChI=1S/C14H20N4O2S/c1-12-3-2-4-13(9-12)5-7-17-21(19,20)14-10-16-18(11-14)8-6-15/h2-4,9-11,17H,5-8,15H2,1H3. The Hall–Kier alpha value is -1.70. The summed E-state index contributed by atoms with van der Waals surface area (Å²) < 4.78 is 28.3. The molecule has 21 heavy (non-hydrogen) atoms. The van der Waals surface area contributed by atoms with Gasteiger partial charge in [-0.3, -0.25) is 4.68 Å². The van der Waals surface area contributed by atoms with Crippen molar-refractivity contribution in [2.75, 3.05) is 13.1 Å². The van der Waals surface area contributed by atoms with Crippen molar-refractivity contribution >= 4 is 10.0 Å². The minimum atomic E-state index is -3.51. The smallest absolute Gasteiger partial charge is 0.243 e. The second-order valence-electron chi connectivity index (χ2n) is 4.86. The van der Waals surface area contributed by atoms with Gasteiger partial charge in [0.2, 0.25) is 10.0 Å². The zero-order valence-corrected chi connectivity index (χ0v) is 12.8. The molecule has 0 atom stereocenters. The van der Waals surface area contributed by atoms with Crippen molar-refractivity contribution in [3.05, 3.63) is 47.8 Å². The Morgan fingerprint density at radius 2 is 2.19 bits per heavy atom. The fourth-order valence-electron chi connectivity index (χ4n) is 2.02. The van der Waals surface area contributed by atoms with Crippen LogP contribution < -0.4 is 10.5 Å². The lowest BCUT2D eigenvalue weighted by Crippen LogP contribution is -2.25. The first kappa shape index (κ1) is 15.7. The second-order valence-corrected chi connectivity index (χ2v) is 6.63. The van der Waals surface area contributed by atoms with Crippen molar-refractivity contribution in [2.24, 2.45) is 5.73 Å². The Morgan fingerprint density at radius 3 is 2.90 bits per heavy atom. The molecule has 0 saturated carbocycles. The Balaban J connectivity index is 1.94. The number of aromatic nitrogens is 2. The Labute approximate surface area is 125 Å². The molecule has 0 amide bonds. The van der Waals surface area contributed by atoms with Crippen molar-refractivity contribution in [3.63, 3.8) is 0 Å². The number of hydrogen-bond acceptors (Lipinski definition) is 4. The third-order valence-electron chi connectivity index (χ3n) is 3.07. The van der Waals surface area contributed by atoms with Gasteiger partial charge in [0.15, 0.2) is 0 Å². The van der Waals surface area contributed by atoms with E-state index in [2.05, 4.69) is 9.82 Å². The SMILES string of the molecule is Cc1cccc(CCNS(=O)(=O)c2cnn(CCN)c2)c1. The fourth-order valence-corrected chi connectivity index (χ4v) is 3.00. The van der Waals surface area contributed by atoms with E-state index in [1.807, 2.05) is 31.2 Å². The van der Waals surface area contributed by atoms with Crippen LogP contribution in [0.1, 0.15) is 11.1 Å². The molecule has 2 rings (SSSR count). The summed E-state index contributed by atoms with van der Waals surface area (Å²) in [6, 6.07) is 8.02. The van der Waals surface area contributed by atoms with E-state index >= 15 is 0 Å². The zero-order valence-electron chi connectivity index (χ0n) is 12.0. The third-order valence-corrected chi connectivity index (χ3v) is 4.48. The molecule has 0 radical (unpaired) electrons. The summed E-state index contributed by atoms with van der Waals surface area (Å²) in [6.45, 7) is 3.29. The Morgan fingerprint density at radius 1 is 1.38 bits per heavy atom. The monoisotopic (exact) mass is 308 g/mol. The Bertz CT molecular complexity index is 695. The molecule has 114 valence electrons. The molecule has 1 aromatic carbocycles. The van der Waals surface area contributed by atoms with Gasteiger partial charge < -0.3 is 5.73 Å². The molecule has 0 aliphatic heterocycles. The largest absolute Gasteiger partial charge is 0.329 e. The highest BCUT2D eigenvalue weighted by Gasteiger charge is 2.15. The van der Waals surface area contributed by atoms with Crippen molar-refractivity contribution in [2.45, 2.75) is 24.8 Å². The molecule has 0 aliphatic carbocycles. The molecule has 6 nitrogen and oxygen atoms in total. The predicted molar refractivity (Wildman–Crippen MR) is 81.4 cm³/mol. The number of nitrogens with zero attached hydrogens (tertiary/aromatic N) is 2. The van der Waals surface area contributed by atoms with E-state index in [9.17, 15) is 8.42 Å². The van der Waals surface area contributed by atoms with E-state index < -0.39 is 10.0 Å². The van der Waals surface area contributed by atoms with Crippen LogP contribution in [0.3, 0.4) is 0 Å². The normalized spacial score (nSPS) is 11.7. The third kappa shape index (κ3) is 4.38. The summed E-state index contributed by atoms with van der Waals surface area (Å²) >= 11 is 0. The summed E-state index contributed by atoms with van der Waals surface area (Å²) in [5.74, 6) is 0. The number of sulfonamides is 1. The van der Waals surface area contributed by atoms with Gasteiger partial charge in [-0.15, -0.1) is 0 Å². The van der Waals surface area contributed by atoms with Gasteiger partial charge in [-0.25, -0.2) is 13.1 Å². The molecule has 0 aliphatic rings. The molecule has 2 aromatic rings. The van der Waals surface area contributed by atoms with Crippen molar-refractivity contribution in [3.8, 4) is 0 Å². The molecule has 0 bridgehead atoms. The molecule has 1 aromatic heterocycles. The van der Waals surface area contributed by atoms with Gasteiger partial charge in [-0.1, -0.05) is 29.8 Å². The summed E-state index contributed by atoms with van der Waals surface area (Å²) in [5.41, 5.74) is 7.68. The van der Waals surface area contributed by atoms with Crippen LogP contribution >= 0.6 is 0 Å². The van der Waals surface area contributed by atoms with Crippen LogP contribution in [-0.2, 0) is 23.0 Å².